The summed E-state index contributed by atoms with van der Waals surface area (Å²) in [6.45, 7) is 3.72. The van der Waals surface area contributed by atoms with Gasteiger partial charge in [-0.1, -0.05) is 30.3 Å². The first kappa shape index (κ1) is 14.4. The van der Waals surface area contributed by atoms with Crippen molar-refractivity contribution in [1.29, 1.82) is 0 Å². The minimum atomic E-state index is 0.317. The number of benzene rings is 2. The van der Waals surface area contributed by atoms with Crippen molar-refractivity contribution in [3.8, 4) is 5.75 Å². The Morgan fingerprint density at radius 2 is 1.85 bits per heavy atom. The molecule has 3 nitrogen and oxygen atoms in total. The Balaban J connectivity index is 1.84. The van der Waals surface area contributed by atoms with Crippen LogP contribution in [0.15, 0.2) is 54.6 Å². The summed E-state index contributed by atoms with van der Waals surface area (Å²) in [5.74, 6) is 0.914. The van der Waals surface area contributed by atoms with Gasteiger partial charge in [0.25, 0.3) is 0 Å². The molecule has 0 aliphatic heterocycles. The highest BCUT2D eigenvalue weighted by Gasteiger charge is 2.11. The Kier molecular flexibility index (Phi) is 5.02. The van der Waals surface area contributed by atoms with E-state index in [2.05, 4.69) is 24.9 Å². The van der Waals surface area contributed by atoms with Gasteiger partial charge in [-0.2, -0.15) is 0 Å². The Hall–Kier alpha value is -2.00. The lowest BCUT2D eigenvalue weighted by Gasteiger charge is -2.25. The highest BCUT2D eigenvalue weighted by atomic mass is 16.5. The van der Waals surface area contributed by atoms with Crippen LogP contribution >= 0.6 is 0 Å². The van der Waals surface area contributed by atoms with Crippen LogP contribution in [0.25, 0.3) is 0 Å². The monoisotopic (exact) mass is 270 g/mol. The zero-order chi connectivity index (χ0) is 14.4. The molecule has 20 heavy (non-hydrogen) atoms. The summed E-state index contributed by atoms with van der Waals surface area (Å²) in [5.41, 5.74) is 7.87. The smallest absolute Gasteiger partial charge is 0.119 e. The summed E-state index contributed by atoms with van der Waals surface area (Å²) in [7, 11) is 2.10. The molecule has 106 valence electrons. The summed E-state index contributed by atoms with van der Waals surface area (Å²) >= 11 is 0. The summed E-state index contributed by atoms with van der Waals surface area (Å²) in [6, 6.07) is 18.3. The standard InChI is InChI=1S/C17H22N2O/c1-14(15-7-6-8-16(18)13-15)19(2)11-12-20-17-9-4-3-5-10-17/h3-10,13-14H,11-12,18H2,1-2H3. The van der Waals surface area contributed by atoms with Crippen LogP contribution in [0.3, 0.4) is 0 Å². The van der Waals surface area contributed by atoms with Crippen molar-refractivity contribution in [2.75, 3.05) is 25.9 Å². The lowest BCUT2D eigenvalue weighted by molar-refractivity contribution is 0.201. The number of anilines is 1. The first-order valence-corrected chi connectivity index (χ1v) is 6.90. The second-order valence-electron chi connectivity index (χ2n) is 4.99. The molecular formula is C17H22N2O. The molecule has 0 aliphatic carbocycles. The van der Waals surface area contributed by atoms with Crippen LogP contribution in [0.2, 0.25) is 0 Å². The second kappa shape index (κ2) is 6.96. The van der Waals surface area contributed by atoms with E-state index in [1.54, 1.807) is 0 Å². The van der Waals surface area contributed by atoms with E-state index in [4.69, 9.17) is 10.5 Å². The topological polar surface area (TPSA) is 38.5 Å². The third-order valence-electron chi connectivity index (χ3n) is 3.51. The van der Waals surface area contributed by atoms with E-state index in [0.717, 1.165) is 18.0 Å². The first-order chi connectivity index (χ1) is 9.66. The normalized spacial score (nSPS) is 12.3. The van der Waals surface area contributed by atoms with Crippen molar-refractivity contribution in [2.45, 2.75) is 13.0 Å². The van der Waals surface area contributed by atoms with Gasteiger partial charge in [-0.05, 0) is 43.8 Å². The highest BCUT2D eigenvalue weighted by molar-refractivity contribution is 5.41. The molecule has 0 bridgehead atoms. The molecule has 2 rings (SSSR count). The quantitative estimate of drug-likeness (QED) is 0.818. The Labute approximate surface area is 121 Å². The molecule has 0 fully saturated rings. The fraction of sp³-hybridized carbons (Fsp3) is 0.294. The van der Waals surface area contributed by atoms with Crippen molar-refractivity contribution in [2.24, 2.45) is 0 Å². The third kappa shape index (κ3) is 4.00. The second-order valence-corrected chi connectivity index (χ2v) is 4.99. The molecular weight excluding hydrogens is 248 g/mol. The number of hydrogen-bond acceptors (Lipinski definition) is 3. The van der Waals surface area contributed by atoms with Gasteiger partial charge in [0.1, 0.15) is 12.4 Å². The minimum Gasteiger partial charge on any atom is -0.492 e. The number of nitrogen functional groups attached to an aromatic ring is 1. The number of nitrogens with zero attached hydrogens (tertiary/aromatic N) is 1. The Morgan fingerprint density at radius 1 is 1.10 bits per heavy atom. The van der Waals surface area contributed by atoms with E-state index in [1.807, 2.05) is 48.5 Å². The van der Waals surface area contributed by atoms with E-state index < -0.39 is 0 Å². The zero-order valence-corrected chi connectivity index (χ0v) is 12.1. The van der Waals surface area contributed by atoms with Crippen LogP contribution in [0.4, 0.5) is 5.69 Å². The van der Waals surface area contributed by atoms with Crippen molar-refractivity contribution < 1.29 is 4.74 Å². The maximum absolute atomic E-state index is 5.83. The average Bonchev–Trinajstić information content (AvgIpc) is 2.47. The van der Waals surface area contributed by atoms with Crippen LogP contribution in [-0.4, -0.2) is 25.1 Å². The van der Waals surface area contributed by atoms with Gasteiger partial charge >= 0.3 is 0 Å². The minimum absolute atomic E-state index is 0.317. The fourth-order valence-electron chi connectivity index (χ4n) is 2.09. The molecule has 2 N–H and O–H groups in total. The van der Waals surface area contributed by atoms with Gasteiger partial charge in [0.2, 0.25) is 0 Å². The maximum Gasteiger partial charge on any atom is 0.119 e. The molecule has 0 aromatic heterocycles. The van der Waals surface area contributed by atoms with Gasteiger partial charge in [0.15, 0.2) is 0 Å². The Morgan fingerprint density at radius 3 is 2.55 bits per heavy atom. The molecule has 0 aliphatic rings. The molecule has 1 unspecified atom stereocenters. The lowest BCUT2D eigenvalue weighted by atomic mass is 10.1. The molecule has 0 amide bonds. The van der Waals surface area contributed by atoms with Gasteiger partial charge < -0.3 is 10.5 Å². The number of rotatable bonds is 6. The summed E-state index contributed by atoms with van der Waals surface area (Å²) in [5, 5.41) is 0. The summed E-state index contributed by atoms with van der Waals surface area (Å²) < 4.78 is 5.72. The molecule has 0 saturated carbocycles. The van der Waals surface area contributed by atoms with E-state index in [-0.39, 0.29) is 0 Å². The predicted molar refractivity (Wildman–Crippen MR) is 83.8 cm³/mol. The molecule has 0 saturated heterocycles. The zero-order valence-electron chi connectivity index (χ0n) is 12.1. The number of para-hydroxylation sites is 1. The SMILES string of the molecule is CC(c1cccc(N)c1)N(C)CCOc1ccccc1. The van der Waals surface area contributed by atoms with Gasteiger partial charge in [-0.3, -0.25) is 4.90 Å². The summed E-state index contributed by atoms with van der Waals surface area (Å²) in [6.07, 6.45) is 0. The molecule has 0 radical (unpaired) electrons. The number of likely N-dealkylation sites (N-methyl/N-ethyl adjacent to an activating group) is 1. The maximum atomic E-state index is 5.83. The van der Waals surface area contributed by atoms with Gasteiger partial charge in [-0.15, -0.1) is 0 Å². The van der Waals surface area contributed by atoms with Crippen LogP contribution in [0.1, 0.15) is 18.5 Å². The fourth-order valence-corrected chi connectivity index (χ4v) is 2.09. The molecule has 3 heteroatoms. The molecule has 0 heterocycles. The van der Waals surface area contributed by atoms with Crippen molar-refractivity contribution in [1.82, 2.24) is 4.90 Å². The lowest BCUT2D eigenvalue weighted by Crippen LogP contribution is -2.27. The number of ether oxygens (including phenoxy) is 1. The van der Waals surface area contributed by atoms with E-state index in [9.17, 15) is 0 Å². The predicted octanol–water partition coefficient (Wildman–Crippen LogP) is 3.34. The molecule has 2 aromatic carbocycles. The van der Waals surface area contributed by atoms with Gasteiger partial charge in [0, 0.05) is 18.3 Å². The number of nitrogens with two attached hydrogens (primary N) is 1. The Bertz CT molecular complexity index is 528. The van der Waals surface area contributed by atoms with Gasteiger partial charge in [0.05, 0.1) is 0 Å². The largest absolute Gasteiger partial charge is 0.492 e. The van der Waals surface area contributed by atoms with E-state index in [0.29, 0.717) is 12.6 Å². The average molecular weight is 270 g/mol. The van der Waals surface area contributed by atoms with Gasteiger partial charge in [-0.25, -0.2) is 0 Å². The van der Waals surface area contributed by atoms with Crippen LogP contribution in [-0.2, 0) is 0 Å². The highest BCUT2D eigenvalue weighted by Crippen LogP contribution is 2.20. The number of hydrogen-bond donors (Lipinski definition) is 1. The molecule has 0 spiro atoms. The first-order valence-electron chi connectivity index (χ1n) is 6.90. The molecule has 2 aromatic rings. The van der Waals surface area contributed by atoms with E-state index in [1.165, 1.54) is 5.56 Å². The van der Waals surface area contributed by atoms with Crippen LogP contribution in [0, 0.1) is 0 Å². The third-order valence-corrected chi connectivity index (χ3v) is 3.51. The summed E-state index contributed by atoms with van der Waals surface area (Å²) in [4.78, 5) is 2.26. The van der Waals surface area contributed by atoms with Crippen LogP contribution in [0.5, 0.6) is 5.75 Å². The van der Waals surface area contributed by atoms with E-state index >= 15 is 0 Å². The van der Waals surface area contributed by atoms with Crippen molar-refractivity contribution >= 4 is 5.69 Å². The van der Waals surface area contributed by atoms with Crippen molar-refractivity contribution in [3.63, 3.8) is 0 Å². The molecule has 1 atom stereocenters. The van der Waals surface area contributed by atoms with Crippen LogP contribution < -0.4 is 10.5 Å². The van der Waals surface area contributed by atoms with Crippen molar-refractivity contribution in [3.05, 3.63) is 60.2 Å².